The Bertz CT molecular complexity index is 2190. The molecule has 0 atom stereocenters. The molecule has 0 aliphatic rings. The fourth-order valence-corrected chi connectivity index (χ4v) is 7.27. The number of rotatable bonds is 11. The first-order valence-corrected chi connectivity index (χ1v) is 17.2. The van der Waals surface area contributed by atoms with Crippen LogP contribution in [0, 0.1) is 0 Å². The first-order chi connectivity index (χ1) is 25.2. The van der Waals surface area contributed by atoms with Crippen molar-refractivity contribution in [3.63, 3.8) is 0 Å². The van der Waals surface area contributed by atoms with Crippen molar-refractivity contribution in [1.82, 2.24) is 0 Å². The van der Waals surface area contributed by atoms with Crippen molar-refractivity contribution in [2.75, 3.05) is 42.7 Å². The first kappa shape index (κ1) is 36.3. The molecule has 0 N–H and O–H groups in total. The van der Waals surface area contributed by atoms with Crippen molar-refractivity contribution in [3.05, 3.63) is 105 Å². The first-order valence-electron chi connectivity index (χ1n) is 15.7. The van der Waals surface area contributed by atoms with Crippen LogP contribution in [-0.2, 0) is 0 Å². The molecule has 266 valence electrons. The van der Waals surface area contributed by atoms with E-state index < -0.39 is 11.9 Å². The van der Waals surface area contributed by atoms with Gasteiger partial charge in [-0.05, 0) is 77.7 Å². The molecule has 6 aromatic rings. The lowest BCUT2D eigenvalue weighted by atomic mass is 9.92. The van der Waals surface area contributed by atoms with Crippen LogP contribution in [0.1, 0.15) is 20.7 Å². The molecule has 10 nitrogen and oxygen atoms in total. The molecular formula is C40H32Br2O10. The van der Waals surface area contributed by atoms with Gasteiger partial charge in [-0.15, -0.1) is 0 Å². The predicted octanol–water partition coefficient (Wildman–Crippen LogP) is 9.67. The van der Waals surface area contributed by atoms with Crippen molar-refractivity contribution >= 4 is 65.3 Å². The predicted molar refractivity (Wildman–Crippen MR) is 204 cm³/mol. The fraction of sp³-hybridized carbons (Fsp3) is 0.150. The summed E-state index contributed by atoms with van der Waals surface area (Å²) in [4.78, 5) is 28.2. The molecule has 0 radical (unpaired) electrons. The number of fused-ring (bicyclic) bond motifs is 2. The Kier molecular flexibility index (Phi) is 10.8. The molecule has 0 saturated heterocycles. The maximum atomic E-state index is 14.1. The third-order valence-electron chi connectivity index (χ3n) is 8.42. The summed E-state index contributed by atoms with van der Waals surface area (Å²) in [5, 5.41) is 3.23. The minimum atomic E-state index is -0.706. The molecule has 0 aliphatic carbocycles. The Morgan fingerprint density at radius 2 is 0.808 bits per heavy atom. The molecular weight excluding hydrogens is 800 g/mol. The van der Waals surface area contributed by atoms with Crippen LogP contribution in [0.2, 0.25) is 0 Å². The van der Waals surface area contributed by atoms with E-state index in [1.54, 1.807) is 12.1 Å². The fourth-order valence-electron chi connectivity index (χ4n) is 6.04. The number of methoxy groups -OCH3 is 6. The standard InChI is InChI=1S/C40H32Br2O10/c1-45-29-19-25(33(41)37(49-5)35(29)47-3)39(43)51-27-17-15-21-11-7-9-13-23(21)31(27)32-24-14-10-8-12-22(24)16-18-28(32)52-40(44)26-20-30(46-2)36(48-4)38(50-6)34(26)42/h7-20H,1-6H3. The molecule has 12 heteroatoms. The molecule has 0 bridgehead atoms. The monoisotopic (exact) mass is 830 g/mol. The Balaban J connectivity index is 1.56. The highest BCUT2D eigenvalue weighted by Crippen LogP contribution is 2.49. The molecule has 6 rings (SSSR count). The zero-order valence-corrected chi connectivity index (χ0v) is 32.1. The van der Waals surface area contributed by atoms with E-state index in [0.717, 1.165) is 21.5 Å². The van der Waals surface area contributed by atoms with Crippen LogP contribution in [0.3, 0.4) is 0 Å². The van der Waals surface area contributed by atoms with Gasteiger partial charge in [-0.1, -0.05) is 60.7 Å². The Morgan fingerprint density at radius 1 is 0.442 bits per heavy atom. The van der Waals surface area contributed by atoms with Gasteiger partial charge in [0.15, 0.2) is 23.0 Å². The average Bonchev–Trinajstić information content (AvgIpc) is 3.17. The van der Waals surface area contributed by atoms with Gasteiger partial charge in [-0.2, -0.15) is 0 Å². The molecule has 6 aromatic carbocycles. The van der Waals surface area contributed by atoms with Crippen molar-refractivity contribution in [3.8, 4) is 57.1 Å². The summed E-state index contributed by atoms with van der Waals surface area (Å²) in [5.41, 5.74) is 1.31. The van der Waals surface area contributed by atoms with Gasteiger partial charge < -0.3 is 37.9 Å². The maximum absolute atomic E-state index is 14.1. The summed E-state index contributed by atoms with van der Waals surface area (Å²) in [5.74, 6) is 0.692. The van der Waals surface area contributed by atoms with Crippen LogP contribution in [0.4, 0.5) is 0 Å². The van der Waals surface area contributed by atoms with Gasteiger partial charge in [0.25, 0.3) is 0 Å². The summed E-state index contributed by atoms with van der Waals surface area (Å²) in [7, 11) is 8.78. The third-order valence-corrected chi connectivity index (χ3v) is 9.99. The lowest BCUT2D eigenvalue weighted by Crippen LogP contribution is -2.13. The SMILES string of the molecule is COc1cc(C(=O)Oc2ccc3ccccc3c2-c2c(OC(=O)c3cc(OC)c(OC)c(OC)c3Br)ccc3ccccc23)c(Br)c(OC)c1OC. The minimum Gasteiger partial charge on any atom is -0.493 e. The second-order valence-corrected chi connectivity index (χ2v) is 12.7. The van der Waals surface area contributed by atoms with Crippen LogP contribution in [-0.4, -0.2) is 54.6 Å². The van der Waals surface area contributed by atoms with Crippen LogP contribution in [0.5, 0.6) is 46.0 Å². The van der Waals surface area contributed by atoms with E-state index >= 15 is 0 Å². The largest absolute Gasteiger partial charge is 0.493 e. The second kappa shape index (κ2) is 15.4. The van der Waals surface area contributed by atoms with E-state index in [1.165, 1.54) is 54.8 Å². The molecule has 0 heterocycles. The molecule has 0 saturated carbocycles. The minimum absolute atomic E-state index is 0.130. The maximum Gasteiger partial charge on any atom is 0.344 e. The van der Waals surface area contributed by atoms with Gasteiger partial charge in [0, 0.05) is 11.1 Å². The van der Waals surface area contributed by atoms with E-state index in [9.17, 15) is 9.59 Å². The third kappa shape index (κ3) is 6.44. The number of hydrogen-bond donors (Lipinski definition) is 0. The van der Waals surface area contributed by atoms with Gasteiger partial charge >= 0.3 is 11.9 Å². The number of halogens is 2. The van der Waals surface area contributed by atoms with E-state index in [0.29, 0.717) is 31.6 Å². The topological polar surface area (TPSA) is 108 Å². The Labute approximate surface area is 316 Å². The smallest absolute Gasteiger partial charge is 0.344 e. The van der Waals surface area contributed by atoms with Gasteiger partial charge in [-0.25, -0.2) is 9.59 Å². The molecule has 0 fully saturated rings. The summed E-state index contributed by atoms with van der Waals surface area (Å²) >= 11 is 6.99. The van der Waals surface area contributed by atoms with Crippen molar-refractivity contribution in [2.24, 2.45) is 0 Å². The Hall–Kier alpha value is -5.46. The summed E-state index contributed by atoms with van der Waals surface area (Å²) in [6.45, 7) is 0. The molecule has 0 amide bonds. The van der Waals surface area contributed by atoms with Crippen molar-refractivity contribution in [2.45, 2.75) is 0 Å². The lowest BCUT2D eigenvalue weighted by molar-refractivity contribution is 0.0721. The summed E-state index contributed by atoms with van der Waals surface area (Å²) in [6, 6.07) is 25.5. The molecule has 0 unspecified atom stereocenters. The van der Waals surface area contributed by atoms with Crippen molar-refractivity contribution in [1.29, 1.82) is 0 Å². The van der Waals surface area contributed by atoms with Gasteiger partial charge in [-0.3, -0.25) is 0 Å². The molecule has 52 heavy (non-hydrogen) atoms. The lowest BCUT2D eigenvalue weighted by Gasteiger charge is -2.20. The number of carbonyl (C=O) groups is 2. The molecule has 0 spiro atoms. The van der Waals surface area contributed by atoms with E-state index in [4.69, 9.17) is 37.9 Å². The number of carbonyl (C=O) groups excluding carboxylic acids is 2. The highest BCUT2D eigenvalue weighted by Gasteiger charge is 2.29. The van der Waals surface area contributed by atoms with Crippen LogP contribution in [0.25, 0.3) is 32.7 Å². The zero-order chi connectivity index (χ0) is 37.1. The number of benzene rings is 6. The summed E-state index contributed by atoms with van der Waals surface area (Å²) < 4.78 is 46.2. The van der Waals surface area contributed by atoms with Crippen LogP contribution in [0.15, 0.2) is 93.9 Å². The Morgan fingerprint density at radius 3 is 1.15 bits per heavy atom. The van der Waals surface area contributed by atoms with Gasteiger partial charge in [0.05, 0.1) is 62.7 Å². The summed E-state index contributed by atoms with van der Waals surface area (Å²) in [6.07, 6.45) is 0. The van der Waals surface area contributed by atoms with Crippen LogP contribution >= 0.6 is 31.9 Å². The van der Waals surface area contributed by atoms with Gasteiger partial charge in [0.2, 0.25) is 11.5 Å². The molecule has 0 aliphatic heterocycles. The average molecular weight is 832 g/mol. The van der Waals surface area contributed by atoms with E-state index in [2.05, 4.69) is 31.9 Å². The number of ether oxygens (including phenoxy) is 8. The van der Waals surface area contributed by atoms with Crippen LogP contribution < -0.4 is 37.9 Å². The normalized spacial score (nSPS) is 10.8. The highest BCUT2D eigenvalue weighted by molar-refractivity contribution is 9.11. The van der Waals surface area contributed by atoms with Gasteiger partial charge in [0.1, 0.15) is 11.5 Å². The highest BCUT2D eigenvalue weighted by atomic mass is 79.9. The zero-order valence-electron chi connectivity index (χ0n) is 28.9. The van der Waals surface area contributed by atoms with E-state index in [-0.39, 0.29) is 45.6 Å². The number of esters is 2. The molecule has 0 aromatic heterocycles. The number of hydrogen-bond acceptors (Lipinski definition) is 10. The second-order valence-electron chi connectivity index (χ2n) is 11.1. The quantitative estimate of drug-likeness (QED) is 0.0926. The van der Waals surface area contributed by atoms with E-state index in [1.807, 2.05) is 60.7 Å². The van der Waals surface area contributed by atoms with Crippen molar-refractivity contribution < 1.29 is 47.5 Å².